The maximum Gasteiger partial charge on any atom is 0.238 e. The predicted molar refractivity (Wildman–Crippen MR) is 108 cm³/mol. The summed E-state index contributed by atoms with van der Waals surface area (Å²) < 4.78 is 25.3. The van der Waals surface area contributed by atoms with Crippen molar-refractivity contribution >= 4 is 27.5 Å². The Hall–Kier alpha value is -1.87. The molecule has 2 aliphatic rings. The Labute approximate surface area is 169 Å². The van der Waals surface area contributed by atoms with Gasteiger partial charge in [-0.1, -0.05) is 42.1 Å². The summed E-state index contributed by atoms with van der Waals surface area (Å²) in [5, 5.41) is 11.9. The van der Waals surface area contributed by atoms with Gasteiger partial charge >= 0.3 is 0 Å². The molecule has 0 bridgehead atoms. The second-order valence-corrected chi connectivity index (χ2v) is 10.9. The summed E-state index contributed by atoms with van der Waals surface area (Å²) in [5.74, 6) is 1.32. The van der Waals surface area contributed by atoms with Gasteiger partial charge in [0.2, 0.25) is 5.91 Å². The van der Waals surface area contributed by atoms with Crippen molar-refractivity contribution in [1.82, 2.24) is 20.1 Å². The van der Waals surface area contributed by atoms with Crippen LogP contribution >= 0.6 is 11.8 Å². The fraction of sp³-hybridized carbons (Fsp3) is 0.526. The van der Waals surface area contributed by atoms with Gasteiger partial charge in [-0.15, -0.1) is 10.2 Å². The van der Waals surface area contributed by atoms with E-state index in [0.717, 1.165) is 24.2 Å². The zero-order valence-electron chi connectivity index (χ0n) is 15.7. The molecule has 1 saturated heterocycles. The van der Waals surface area contributed by atoms with Crippen LogP contribution in [0.2, 0.25) is 0 Å². The molecule has 7 nitrogen and oxygen atoms in total. The van der Waals surface area contributed by atoms with E-state index in [1.165, 1.54) is 11.8 Å². The Morgan fingerprint density at radius 1 is 1.25 bits per heavy atom. The van der Waals surface area contributed by atoms with Gasteiger partial charge in [0, 0.05) is 19.5 Å². The highest BCUT2D eigenvalue weighted by Gasteiger charge is 2.32. The first kappa shape index (κ1) is 19.4. The zero-order valence-corrected chi connectivity index (χ0v) is 17.4. The number of aromatic nitrogens is 3. The molecule has 1 aliphatic heterocycles. The molecule has 1 aromatic heterocycles. The second kappa shape index (κ2) is 7.87. The molecule has 150 valence electrons. The van der Waals surface area contributed by atoms with E-state index in [2.05, 4.69) is 15.5 Å². The van der Waals surface area contributed by atoms with Crippen molar-refractivity contribution in [3.8, 4) is 0 Å². The number of carbonyl (C=O) groups excluding carboxylic acids is 1. The third-order valence-electron chi connectivity index (χ3n) is 5.21. The van der Waals surface area contributed by atoms with Gasteiger partial charge < -0.3 is 9.88 Å². The normalized spacial score (nSPS) is 22.1. The van der Waals surface area contributed by atoms with Crippen LogP contribution in [0.25, 0.3) is 0 Å². The van der Waals surface area contributed by atoms with Crippen LogP contribution in [-0.4, -0.2) is 46.6 Å². The highest BCUT2D eigenvalue weighted by molar-refractivity contribution is 8.00. The minimum atomic E-state index is -2.91. The minimum Gasteiger partial charge on any atom is -0.352 e. The smallest absolute Gasteiger partial charge is 0.238 e. The maximum absolute atomic E-state index is 12.8. The Morgan fingerprint density at radius 3 is 2.64 bits per heavy atom. The van der Waals surface area contributed by atoms with Gasteiger partial charge in [0.15, 0.2) is 15.0 Å². The lowest BCUT2D eigenvalue weighted by Gasteiger charge is -2.16. The maximum atomic E-state index is 12.8. The van der Waals surface area contributed by atoms with Crippen LogP contribution in [0.1, 0.15) is 35.9 Å². The van der Waals surface area contributed by atoms with E-state index in [4.69, 9.17) is 0 Å². The van der Waals surface area contributed by atoms with E-state index >= 15 is 0 Å². The lowest BCUT2D eigenvalue weighted by Crippen LogP contribution is -2.29. The van der Waals surface area contributed by atoms with Gasteiger partial charge in [-0.3, -0.25) is 4.79 Å². The monoisotopic (exact) mass is 420 g/mol. The second-order valence-electron chi connectivity index (χ2n) is 7.62. The Morgan fingerprint density at radius 2 is 2.00 bits per heavy atom. The first-order valence-corrected chi connectivity index (χ1v) is 12.2. The molecule has 1 amide bonds. The number of thioether (sulfide) groups is 1. The van der Waals surface area contributed by atoms with E-state index in [1.807, 2.05) is 41.9 Å². The number of benzene rings is 1. The third kappa shape index (κ3) is 4.57. The van der Waals surface area contributed by atoms with Crippen molar-refractivity contribution < 1.29 is 13.2 Å². The Kier molecular flexibility index (Phi) is 5.46. The van der Waals surface area contributed by atoms with Crippen LogP contribution in [0.15, 0.2) is 35.5 Å². The predicted octanol–water partition coefficient (Wildman–Crippen LogP) is 1.90. The van der Waals surface area contributed by atoms with Crippen LogP contribution < -0.4 is 5.32 Å². The first-order chi connectivity index (χ1) is 13.4. The number of hydrogen-bond acceptors (Lipinski definition) is 6. The number of rotatable bonds is 7. The summed E-state index contributed by atoms with van der Waals surface area (Å²) in [7, 11) is -1.03. The molecule has 2 heterocycles. The molecule has 0 spiro atoms. The lowest BCUT2D eigenvalue weighted by molar-refractivity contribution is -0.120. The van der Waals surface area contributed by atoms with Crippen LogP contribution in [0.5, 0.6) is 0 Å². The van der Waals surface area contributed by atoms with Crippen molar-refractivity contribution in [3.63, 3.8) is 0 Å². The molecule has 2 fully saturated rings. The topological polar surface area (TPSA) is 93.9 Å². The fourth-order valence-electron chi connectivity index (χ4n) is 3.43. The largest absolute Gasteiger partial charge is 0.352 e. The first-order valence-electron chi connectivity index (χ1n) is 9.52. The Bertz CT molecular complexity index is 955. The molecule has 4 rings (SSSR count). The molecule has 9 heteroatoms. The SMILES string of the molecule is Cn1c(C[C@H]2CCS(=O)(=O)C2)nnc1S[C@@H](C(=O)NC1CC1)c1ccccc1. The van der Waals surface area contributed by atoms with Crippen molar-refractivity contribution in [2.75, 3.05) is 11.5 Å². The van der Waals surface area contributed by atoms with E-state index in [9.17, 15) is 13.2 Å². The van der Waals surface area contributed by atoms with Gasteiger partial charge in [-0.05, 0) is 30.7 Å². The lowest BCUT2D eigenvalue weighted by atomic mass is 10.1. The molecule has 1 N–H and O–H groups in total. The Balaban J connectivity index is 1.50. The van der Waals surface area contributed by atoms with E-state index in [0.29, 0.717) is 24.0 Å². The van der Waals surface area contributed by atoms with Gasteiger partial charge in [0.25, 0.3) is 0 Å². The summed E-state index contributed by atoms with van der Waals surface area (Å²) >= 11 is 1.38. The van der Waals surface area contributed by atoms with Crippen molar-refractivity contribution in [3.05, 3.63) is 41.7 Å². The summed E-state index contributed by atoms with van der Waals surface area (Å²) in [6.07, 6.45) is 3.34. The van der Waals surface area contributed by atoms with Gasteiger partial charge in [-0.2, -0.15) is 0 Å². The molecule has 2 atom stereocenters. The molecule has 2 aromatic rings. The molecular weight excluding hydrogens is 396 g/mol. The van der Waals surface area contributed by atoms with Crippen LogP contribution in [0, 0.1) is 5.92 Å². The number of carbonyl (C=O) groups is 1. The summed E-state index contributed by atoms with van der Waals surface area (Å²) in [6.45, 7) is 0. The number of nitrogens with zero attached hydrogens (tertiary/aromatic N) is 3. The summed E-state index contributed by atoms with van der Waals surface area (Å²) in [6, 6.07) is 9.97. The highest BCUT2D eigenvalue weighted by atomic mass is 32.2. The molecule has 1 aliphatic carbocycles. The number of sulfone groups is 1. The third-order valence-corrected chi connectivity index (χ3v) is 8.34. The molecule has 1 aromatic carbocycles. The van der Waals surface area contributed by atoms with Crippen LogP contribution in [-0.2, 0) is 28.1 Å². The number of amides is 1. The van der Waals surface area contributed by atoms with Crippen LogP contribution in [0.4, 0.5) is 0 Å². The standard InChI is InChI=1S/C19H24N4O3S2/c1-23-16(11-13-9-10-28(25,26)12-13)21-22-19(23)27-17(14-5-3-2-4-6-14)18(24)20-15-7-8-15/h2-6,13,15,17H,7-12H2,1H3,(H,20,24)/t13-,17-/m1/s1. The van der Waals surface area contributed by atoms with E-state index in [-0.39, 0.29) is 23.3 Å². The number of nitrogens with one attached hydrogen (secondary N) is 1. The van der Waals surface area contributed by atoms with E-state index in [1.54, 1.807) is 0 Å². The molecule has 0 unspecified atom stereocenters. The molecule has 28 heavy (non-hydrogen) atoms. The molecule has 0 radical (unpaired) electrons. The van der Waals surface area contributed by atoms with Crippen molar-refractivity contribution in [2.24, 2.45) is 13.0 Å². The molecular formula is C19H24N4O3S2. The summed E-state index contributed by atoms with van der Waals surface area (Å²) in [4.78, 5) is 12.8. The molecule has 1 saturated carbocycles. The summed E-state index contributed by atoms with van der Waals surface area (Å²) in [5.41, 5.74) is 0.928. The van der Waals surface area contributed by atoms with E-state index < -0.39 is 15.1 Å². The van der Waals surface area contributed by atoms with Crippen LogP contribution in [0.3, 0.4) is 0 Å². The fourth-order valence-corrected chi connectivity index (χ4v) is 6.32. The van der Waals surface area contributed by atoms with Gasteiger partial charge in [0.05, 0.1) is 11.5 Å². The zero-order chi connectivity index (χ0) is 19.7. The van der Waals surface area contributed by atoms with Crippen molar-refractivity contribution in [2.45, 2.75) is 42.1 Å². The average Bonchev–Trinajstić information content (AvgIpc) is 3.33. The highest BCUT2D eigenvalue weighted by Crippen LogP contribution is 2.36. The quantitative estimate of drug-likeness (QED) is 0.688. The average molecular weight is 421 g/mol. The van der Waals surface area contributed by atoms with Gasteiger partial charge in [-0.25, -0.2) is 8.42 Å². The minimum absolute atomic E-state index is 0.00913. The van der Waals surface area contributed by atoms with Gasteiger partial charge in [0.1, 0.15) is 11.1 Å². The van der Waals surface area contributed by atoms with Crippen molar-refractivity contribution in [1.29, 1.82) is 0 Å². The number of hydrogen-bond donors (Lipinski definition) is 1.